The van der Waals surface area contributed by atoms with Gasteiger partial charge in [-0.3, -0.25) is 4.79 Å². The molecule has 0 radical (unpaired) electrons. The first-order valence-corrected chi connectivity index (χ1v) is 18.7. The molecule has 2 aliphatic rings. The molecule has 6 aromatic rings. The van der Waals surface area contributed by atoms with Gasteiger partial charge in [-0.25, -0.2) is 23.7 Å². The molecule has 15 heteroatoms. The number of rotatable bonds is 12. The Morgan fingerprint density at radius 2 is 1.55 bits per heavy atom. The molecule has 2 aromatic heterocycles. The maximum absolute atomic E-state index is 13.2. The Bertz CT molecular complexity index is 2290. The van der Waals surface area contributed by atoms with Crippen molar-refractivity contribution >= 4 is 40.4 Å². The molecule has 0 amide bonds. The van der Waals surface area contributed by atoms with Gasteiger partial charge in [0, 0.05) is 53.7 Å². The lowest BCUT2D eigenvalue weighted by atomic mass is 10.1. The molecule has 3 atom stereocenters. The number of carbonyl (C=O) groups is 1. The van der Waals surface area contributed by atoms with Gasteiger partial charge in [-0.1, -0.05) is 59.6 Å². The maximum Gasteiger partial charge on any atom is 0.351 e. The summed E-state index contributed by atoms with van der Waals surface area (Å²) >= 11 is 12.8. The van der Waals surface area contributed by atoms with E-state index in [1.165, 1.54) is 21.9 Å². The van der Waals surface area contributed by atoms with Gasteiger partial charge in [0.25, 0.3) is 0 Å². The lowest BCUT2D eigenvalue weighted by Gasteiger charge is -2.37. The molecule has 0 aliphatic carbocycles. The Morgan fingerprint density at radius 3 is 2.20 bits per heavy atom. The normalized spacial score (nSPS) is 19.1. The van der Waals surface area contributed by atoms with Crippen LogP contribution in [0.5, 0.6) is 5.75 Å². The summed E-state index contributed by atoms with van der Waals surface area (Å²) in [6.45, 7) is 5.89. The number of aromatic nitrogens is 6. The fraction of sp³-hybridized carbons (Fsp3) is 0.275. The Kier molecular flexibility index (Phi) is 10.4. The number of hydrogen-bond acceptors (Lipinski definition) is 10. The molecule has 0 bridgehead atoms. The topological polar surface area (TPSA) is 122 Å². The zero-order valence-corrected chi connectivity index (χ0v) is 31.5. The van der Waals surface area contributed by atoms with Gasteiger partial charge >= 0.3 is 5.69 Å². The van der Waals surface area contributed by atoms with E-state index >= 15 is 0 Å². The van der Waals surface area contributed by atoms with Crippen LogP contribution in [0.25, 0.3) is 5.69 Å². The third-order valence-corrected chi connectivity index (χ3v) is 10.5. The summed E-state index contributed by atoms with van der Waals surface area (Å²) in [6, 6.07) is 29.4. The van der Waals surface area contributed by atoms with Crippen LogP contribution in [0.2, 0.25) is 10.0 Å². The summed E-state index contributed by atoms with van der Waals surface area (Å²) in [6.07, 6.45) is 4.17. The number of carbonyl (C=O) groups excluding carboxylic acids is 1. The molecule has 55 heavy (non-hydrogen) atoms. The molecule has 4 heterocycles. The van der Waals surface area contributed by atoms with Crippen molar-refractivity contribution in [1.29, 1.82) is 0 Å². The monoisotopic (exact) mass is 780 g/mol. The van der Waals surface area contributed by atoms with Gasteiger partial charge in [-0.2, -0.15) is 10.2 Å². The Labute approximate surface area is 327 Å². The number of ether oxygens (including phenoxy) is 3. The lowest BCUT2D eigenvalue weighted by Crippen LogP contribution is -2.46. The largest absolute Gasteiger partial charge is 0.491 e. The van der Waals surface area contributed by atoms with Crippen molar-refractivity contribution in [3.63, 3.8) is 0 Å². The van der Waals surface area contributed by atoms with Gasteiger partial charge < -0.3 is 24.0 Å². The predicted octanol–water partition coefficient (Wildman–Crippen LogP) is 6.05. The van der Waals surface area contributed by atoms with Gasteiger partial charge in [0.1, 0.15) is 50.0 Å². The second-order valence-electron chi connectivity index (χ2n) is 13.5. The quantitative estimate of drug-likeness (QED) is 0.136. The van der Waals surface area contributed by atoms with Crippen LogP contribution in [-0.4, -0.2) is 80.4 Å². The molecule has 2 fully saturated rings. The summed E-state index contributed by atoms with van der Waals surface area (Å²) in [7, 11) is 0. The van der Waals surface area contributed by atoms with Gasteiger partial charge in [0.05, 0.1) is 17.3 Å². The zero-order valence-electron chi connectivity index (χ0n) is 29.9. The van der Waals surface area contributed by atoms with E-state index in [0.29, 0.717) is 33.5 Å². The summed E-state index contributed by atoms with van der Waals surface area (Å²) in [5.41, 5.74) is 3.70. The van der Waals surface area contributed by atoms with E-state index in [4.69, 9.17) is 37.4 Å². The highest BCUT2D eigenvalue weighted by molar-refractivity contribution is 6.35. The number of hydrogen-bond donors (Lipinski definition) is 0. The van der Waals surface area contributed by atoms with Crippen LogP contribution in [0.3, 0.4) is 0 Å². The number of benzene rings is 4. The summed E-state index contributed by atoms with van der Waals surface area (Å²) < 4.78 is 23.2. The number of piperazine rings is 1. The molecule has 13 nitrogen and oxygen atoms in total. The van der Waals surface area contributed by atoms with E-state index in [2.05, 4.69) is 37.1 Å². The van der Waals surface area contributed by atoms with E-state index in [0.717, 1.165) is 43.3 Å². The van der Waals surface area contributed by atoms with Gasteiger partial charge in [-0.05, 0) is 67.6 Å². The first kappa shape index (κ1) is 36.5. The first-order valence-electron chi connectivity index (χ1n) is 17.9. The summed E-state index contributed by atoms with van der Waals surface area (Å²) in [4.78, 5) is 34.9. The highest BCUT2D eigenvalue weighted by Crippen LogP contribution is 2.40. The maximum atomic E-state index is 13.2. The molecule has 0 spiro atoms. The van der Waals surface area contributed by atoms with E-state index in [1.807, 2.05) is 42.5 Å². The molecule has 282 valence electrons. The lowest BCUT2D eigenvalue weighted by molar-refractivity contribution is -0.190. The third-order valence-electron chi connectivity index (χ3n) is 9.95. The average molecular weight is 782 g/mol. The SMILES string of the molecule is CC(C(=O)c1ccccc1)n1ncn(-c2ccc(N3CCN(c4ccc(OC[C@@H]5CO[C@@](Cn6cncn6)(c6ccc(Cl)cc6Cl)O5)cc4)CC3)cc2)c1=O. The van der Waals surface area contributed by atoms with Crippen molar-refractivity contribution < 1.29 is 19.0 Å². The van der Waals surface area contributed by atoms with E-state index in [9.17, 15) is 9.59 Å². The third kappa shape index (κ3) is 7.74. The van der Waals surface area contributed by atoms with Crippen LogP contribution in [0, 0.1) is 0 Å². The number of nitrogens with zero attached hydrogens (tertiary/aromatic N) is 8. The van der Waals surface area contributed by atoms with Crippen molar-refractivity contribution in [2.75, 3.05) is 49.2 Å². The second-order valence-corrected chi connectivity index (χ2v) is 14.3. The highest BCUT2D eigenvalue weighted by atomic mass is 35.5. The minimum absolute atomic E-state index is 0.165. The Hall–Kier alpha value is -5.47. The van der Waals surface area contributed by atoms with Crippen LogP contribution in [0.4, 0.5) is 11.4 Å². The molecule has 0 saturated carbocycles. The van der Waals surface area contributed by atoms with E-state index in [-0.39, 0.29) is 30.7 Å². The first-order chi connectivity index (χ1) is 26.8. The van der Waals surface area contributed by atoms with Crippen molar-refractivity contribution in [3.05, 3.63) is 148 Å². The van der Waals surface area contributed by atoms with Crippen molar-refractivity contribution in [2.45, 2.75) is 31.4 Å². The molecule has 0 N–H and O–H groups in total. The second kappa shape index (κ2) is 15.7. The van der Waals surface area contributed by atoms with Crippen LogP contribution in [0.15, 0.2) is 121 Å². The number of halogens is 2. The number of anilines is 2. The smallest absolute Gasteiger partial charge is 0.351 e. The Balaban J connectivity index is 0.841. The standard InChI is InChI=1S/C40H38Cl2N8O5/c1-28(38(51)29-5-3-2-4-6-29)50-39(52)49(27-45-50)33-10-8-31(9-11-33)46-17-19-47(20-18-46)32-12-14-34(15-13-32)53-22-35-23-54-40(55-35,24-48-26-43-25-44-48)36-16-7-30(41)21-37(36)42/h2-16,21,25-28,35H,17-20,22-24H2,1H3/t28?,35-,40-/m1/s1. The summed E-state index contributed by atoms with van der Waals surface area (Å²) in [5, 5.41) is 9.44. The van der Waals surface area contributed by atoms with Crippen LogP contribution < -0.4 is 20.2 Å². The fourth-order valence-electron chi connectivity index (χ4n) is 6.99. The number of Topliss-reactive ketones (excluding diaryl/α,β-unsaturated/α-hetero) is 1. The van der Waals surface area contributed by atoms with Gasteiger partial charge in [0.15, 0.2) is 5.78 Å². The fourth-order valence-corrected chi connectivity index (χ4v) is 7.54. The molecule has 2 saturated heterocycles. The highest BCUT2D eigenvalue weighted by Gasteiger charge is 2.45. The summed E-state index contributed by atoms with van der Waals surface area (Å²) in [5.74, 6) is -0.612. The molecular weight excluding hydrogens is 743 g/mol. The molecular formula is C40H38Cl2N8O5. The van der Waals surface area contributed by atoms with Crippen LogP contribution >= 0.6 is 23.2 Å². The van der Waals surface area contributed by atoms with Crippen LogP contribution in [0.1, 0.15) is 28.9 Å². The minimum atomic E-state index is -1.18. The molecule has 2 aliphatic heterocycles. The molecule has 8 rings (SSSR count). The van der Waals surface area contributed by atoms with Crippen molar-refractivity contribution in [3.8, 4) is 11.4 Å². The predicted molar refractivity (Wildman–Crippen MR) is 209 cm³/mol. The van der Waals surface area contributed by atoms with Gasteiger partial charge in [0.2, 0.25) is 5.79 Å². The molecule has 1 unspecified atom stereocenters. The zero-order chi connectivity index (χ0) is 37.9. The molecule has 4 aromatic carbocycles. The van der Waals surface area contributed by atoms with Crippen molar-refractivity contribution in [1.82, 2.24) is 29.1 Å². The van der Waals surface area contributed by atoms with E-state index < -0.39 is 11.8 Å². The van der Waals surface area contributed by atoms with Crippen molar-refractivity contribution in [2.24, 2.45) is 0 Å². The minimum Gasteiger partial charge on any atom is -0.491 e. The van der Waals surface area contributed by atoms with Crippen LogP contribution in [-0.2, 0) is 21.8 Å². The average Bonchev–Trinajstić information content (AvgIpc) is 3.98. The van der Waals surface area contributed by atoms with E-state index in [1.54, 1.807) is 60.4 Å². The Morgan fingerprint density at radius 1 is 0.873 bits per heavy atom. The number of ketones is 1. The van der Waals surface area contributed by atoms with Gasteiger partial charge in [-0.15, -0.1) is 0 Å².